The lowest BCUT2D eigenvalue weighted by Crippen LogP contribution is -2.25. The lowest BCUT2D eigenvalue weighted by Gasteiger charge is -1.99. The molecule has 1 saturated heterocycles. The zero-order valence-electron chi connectivity index (χ0n) is 9.22. The van der Waals surface area contributed by atoms with Gasteiger partial charge in [-0.05, 0) is 12.1 Å². The van der Waals surface area contributed by atoms with Crippen LogP contribution in [0.15, 0.2) is 35.5 Å². The molecule has 2 aliphatic heterocycles. The Kier molecular flexibility index (Phi) is 3.88. The Labute approximate surface area is 99.2 Å². The van der Waals surface area contributed by atoms with E-state index in [1.54, 1.807) is 6.20 Å². The van der Waals surface area contributed by atoms with Crippen molar-refractivity contribution in [1.29, 1.82) is 0 Å². The Hall–Kier alpha value is -2.14. The predicted molar refractivity (Wildman–Crippen MR) is 65.4 cm³/mol. The zero-order chi connectivity index (χ0) is 11.9. The zero-order valence-corrected chi connectivity index (χ0v) is 9.22. The first kappa shape index (κ1) is 11.3. The summed E-state index contributed by atoms with van der Waals surface area (Å²) in [7, 11) is 0. The normalized spacial score (nSPS) is 16.1. The van der Waals surface area contributed by atoms with Crippen LogP contribution in [0.4, 0.5) is 0 Å². The summed E-state index contributed by atoms with van der Waals surface area (Å²) in [4.78, 5) is 13.9. The maximum Gasteiger partial charge on any atom is 0.235 e. The van der Waals surface area contributed by atoms with Gasteiger partial charge in [0.15, 0.2) is 6.40 Å². The summed E-state index contributed by atoms with van der Waals surface area (Å²) in [5.74, 6) is 0.944. The summed E-state index contributed by atoms with van der Waals surface area (Å²) in [6.45, 7) is 0.777. The third kappa shape index (κ3) is 3.42. The topological polar surface area (TPSA) is 62.7 Å². The van der Waals surface area contributed by atoms with Crippen molar-refractivity contribution in [2.45, 2.75) is 6.42 Å². The number of fused-ring (bicyclic) bond motifs is 1. The van der Waals surface area contributed by atoms with E-state index in [1.165, 1.54) is 6.40 Å². The summed E-state index contributed by atoms with van der Waals surface area (Å²) in [5.41, 5.74) is 6.16. The van der Waals surface area contributed by atoms with Crippen LogP contribution in [0.1, 0.15) is 12.0 Å². The number of nitrogens with zero attached hydrogens (tertiary/aromatic N) is 1. The van der Waals surface area contributed by atoms with E-state index in [1.807, 2.05) is 30.3 Å². The van der Waals surface area contributed by atoms with Crippen molar-refractivity contribution in [2.75, 3.05) is 6.54 Å². The lowest BCUT2D eigenvalue weighted by molar-refractivity contribution is -0.119. The van der Waals surface area contributed by atoms with Gasteiger partial charge in [0.1, 0.15) is 5.75 Å². The average Bonchev–Trinajstić information content (AvgIpc) is 2.70. The molecule has 0 aliphatic carbocycles. The largest absolute Gasteiger partial charge is 0.445 e. The lowest BCUT2D eigenvalue weighted by atomic mass is 10.2. The molecular formula is C12H13N3O2. The maximum absolute atomic E-state index is 10.1. The molecule has 0 unspecified atom stereocenters. The van der Waals surface area contributed by atoms with E-state index >= 15 is 0 Å². The number of amides is 1. The van der Waals surface area contributed by atoms with Crippen LogP contribution in [0.3, 0.4) is 0 Å². The molecule has 0 saturated carbocycles. The monoisotopic (exact) mass is 231 g/mol. The summed E-state index contributed by atoms with van der Waals surface area (Å²) >= 11 is 0. The van der Waals surface area contributed by atoms with E-state index in [0.717, 1.165) is 17.9 Å². The Bertz CT molecular complexity index is 447. The van der Waals surface area contributed by atoms with Gasteiger partial charge in [0.05, 0.1) is 0 Å². The highest BCUT2D eigenvalue weighted by Crippen LogP contribution is 2.19. The minimum atomic E-state index is 0.0926. The van der Waals surface area contributed by atoms with Gasteiger partial charge in [-0.25, -0.2) is 10.4 Å². The number of carbonyl (C=O) groups excluding carboxylic acids is 1. The fourth-order valence-corrected chi connectivity index (χ4v) is 1.37. The SMILES string of the molecule is C1=Cc2ccccc2OC=N1.O=C1CCNN1. The third-order valence-corrected chi connectivity index (χ3v) is 2.20. The minimum Gasteiger partial charge on any atom is -0.445 e. The van der Waals surface area contributed by atoms with Crippen LogP contribution in [0.25, 0.3) is 6.08 Å². The smallest absolute Gasteiger partial charge is 0.235 e. The Morgan fingerprint density at radius 2 is 2.18 bits per heavy atom. The van der Waals surface area contributed by atoms with Crippen molar-refractivity contribution in [3.63, 3.8) is 0 Å². The number of aliphatic imine (C=N–C) groups is 1. The van der Waals surface area contributed by atoms with E-state index in [9.17, 15) is 4.79 Å². The van der Waals surface area contributed by atoms with Crippen LogP contribution in [0, 0.1) is 0 Å². The second-order valence-corrected chi connectivity index (χ2v) is 3.45. The minimum absolute atomic E-state index is 0.0926. The van der Waals surface area contributed by atoms with E-state index in [-0.39, 0.29) is 5.91 Å². The number of benzene rings is 1. The van der Waals surface area contributed by atoms with Crippen molar-refractivity contribution in [1.82, 2.24) is 10.9 Å². The van der Waals surface area contributed by atoms with Crippen molar-refractivity contribution < 1.29 is 9.53 Å². The number of rotatable bonds is 0. The van der Waals surface area contributed by atoms with Crippen LogP contribution in [-0.2, 0) is 4.79 Å². The highest BCUT2D eigenvalue weighted by molar-refractivity contribution is 5.77. The molecule has 1 amide bonds. The van der Waals surface area contributed by atoms with Gasteiger partial charge in [0.25, 0.3) is 0 Å². The standard InChI is InChI=1S/C9H7NO.C3H6N2O/c1-2-4-9-8(3-1)5-6-10-7-11-9;6-3-1-2-4-5-3/h1-7H;4H,1-2H2,(H,5,6). The molecule has 0 radical (unpaired) electrons. The molecule has 0 atom stereocenters. The van der Waals surface area contributed by atoms with Crippen LogP contribution < -0.4 is 15.6 Å². The van der Waals surface area contributed by atoms with Gasteiger partial charge in [0.2, 0.25) is 5.91 Å². The summed E-state index contributed by atoms with van der Waals surface area (Å²) < 4.78 is 5.19. The summed E-state index contributed by atoms with van der Waals surface area (Å²) in [6.07, 6.45) is 5.69. The van der Waals surface area contributed by atoms with Gasteiger partial charge < -0.3 is 4.74 Å². The van der Waals surface area contributed by atoms with Gasteiger partial charge in [-0.15, -0.1) is 0 Å². The Balaban J connectivity index is 0.000000153. The van der Waals surface area contributed by atoms with Crippen LogP contribution >= 0.6 is 0 Å². The van der Waals surface area contributed by atoms with Crippen LogP contribution in [0.2, 0.25) is 0 Å². The van der Waals surface area contributed by atoms with Crippen molar-refractivity contribution >= 4 is 18.4 Å². The average molecular weight is 231 g/mol. The van der Waals surface area contributed by atoms with Crippen LogP contribution in [-0.4, -0.2) is 18.9 Å². The van der Waals surface area contributed by atoms with Crippen molar-refractivity contribution in [2.24, 2.45) is 4.99 Å². The summed E-state index contributed by atoms with van der Waals surface area (Å²) in [5, 5.41) is 0. The van der Waals surface area contributed by atoms with Gasteiger partial charge >= 0.3 is 0 Å². The number of nitrogens with one attached hydrogen (secondary N) is 2. The van der Waals surface area contributed by atoms with Crippen molar-refractivity contribution in [3.05, 3.63) is 36.0 Å². The molecule has 0 bridgehead atoms. The van der Waals surface area contributed by atoms with Crippen molar-refractivity contribution in [3.8, 4) is 5.75 Å². The van der Waals surface area contributed by atoms with Crippen LogP contribution in [0.5, 0.6) is 5.75 Å². The van der Waals surface area contributed by atoms with Gasteiger partial charge in [0, 0.05) is 24.7 Å². The number of hydrazine groups is 1. The molecule has 1 aromatic carbocycles. The molecule has 5 heteroatoms. The highest BCUT2D eigenvalue weighted by Gasteiger charge is 2.04. The van der Waals surface area contributed by atoms with E-state index in [2.05, 4.69) is 15.8 Å². The predicted octanol–water partition coefficient (Wildman–Crippen LogP) is 1.09. The number of carbonyl (C=O) groups is 1. The Morgan fingerprint density at radius 1 is 1.29 bits per heavy atom. The first-order valence-electron chi connectivity index (χ1n) is 5.32. The molecule has 2 N–H and O–H groups in total. The molecule has 0 spiro atoms. The molecule has 0 aromatic heterocycles. The fourth-order valence-electron chi connectivity index (χ4n) is 1.37. The van der Waals surface area contributed by atoms with Gasteiger partial charge in [-0.2, -0.15) is 0 Å². The first-order valence-corrected chi connectivity index (χ1v) is 5.32. The quantitative estimate of drug-likeness (QED) is 0.702. The molecular weight excluding hydrogens is 218 g/mol. The van der Waals surface area contributed by atoms with E-state index < -0.39 is 0 Å². The second kappa shape index (κ2) is 5.81. The Morgan fingerprint density at radius 3 is 2.88 bits per heavy atom. The molecule has 5 nitrogen and oxygen atoms in total. The van der Waals surface area contributed by atoms with Gasteiger partial charge in [-0.1, -0.05) is 18.2 Å². The van der Waals surface area contributed by atoms with E-state index in [0.29, 0.717) is 6.42 Å². The molecule has 2 aliphatic rings. The molecule has 17 heavy (non-hydrogen) atoms. The van der Waals surface area contributed by atoms with Gasteiger partial charge in [-0.3, -0.25) is 10.2 Å². The molecule has 1 aromatic rings. The summed E-state index contributed by atoms with van der Waals surface area (Å²) in [6, 6.07) is 7.81. The third-order valence-electron chi connectivity index (χ3n) is 2.20. The molecule has 88 valence electrons. The number of hydrogen-bond acceptors (Lipinski definition) is 4. The number of para-hydroxylation sites is 1. The molecule has 2 heterocycles. The fraction of sp³-hybridized carbons (Fsp3) is 0.167. The molecule has 3 rings (SSSR count). The second-order valence-electron chi connectivity index (χ2n) is 3.45. The van der Waals surface area contributed by atoms with E-state index in [4.69, 9.17) is 4.74 Å². The number of ether oxygens (including phenoxy) is 1. The highest BCUT2D eigenvalue weighted by atomic mass is 16.5. The molecule has 1 fully saturated rings. The number of hydrogen-bond donors (Lipinski definition) is 2. The maximum atomic E-state index is 10.1. The first-order chi connectivity index (χ1) is 8.36.